The number of hydrogen-bond donors (Lipinski definition) is 0. The highest BCUT2D eigenvalue weighted by atomic mass is 35.5. The van der Waals surface area contributed by atoms with Crippen LogP contribution in [0.1, 0.15) is 32.3 Å². The van der Waals surface area contributed by atoms with Crippen molar-refractivity contribution in [2.75, 3.05) is 4.90 Å². The van der Waals surface area contributed by atoms with Gasteiger partial charge in [-0.3, -0.25) is 9.59 Å². The van der Waals surface area contributed by atoms with Crippen LogP contribution in [-0.2, 0) is 9.59 Å². The van der Waals surface area contributed by atoms with Crippen LogP contribution in [0.25, 0.3) is 0 Å². The first-order valence-electron chi connectivity index (χ1n) is 7.19. The molecule has 21 heavy (non-hydrogen) atoms. The Morgan fingerprint density at radius 1 is 1.00 bits per heavy atom. The number of hydrogen-bond acceptors (Lipinski definition) is 2. The van der Waals surface area contributed by atoms with E-state index in [9.17, 15) is 9.59 Å². The summed E-state index contributed by atoms with van der Waals surface area (Å²) in [5.41, 5.74) is 4.00. The zero-order valence-electron chi connectivity index (χ0n) is 12.4. The smallest absolute Gasteiger partial charge is 0.238 e. The highest BCUT2D eigenvalue weighted by Gasteiger charge is 2.49. The van der Waals surface area contributed by atoms with Crippen molar-refractivity contribution in [2.45, 2.75) is 33.6 Å². The molecule has 1 heterocycles. The number of carbonyl (C=O) groups is 2. The van der Waals surface area contributed by atoms with Crippen molar-refractivity contribution in [3.8, 4) is 0 Å². The molecule has 0 saturated carbocycles. The van der Waals surface area contributed by atoms with Crippen LogP contribution in [0, 0.1) is 18.8 Å². The summed E-state index contributed by atoms with van der Waals surface area (Å²) in [4.78, 5) is 26.7. The van der Waals surface area contributed by atoms with Crippen molar-refractivity contribution in [3.05, 3.63) is 39.9 Å². The van der Waals surface area contributed by atoms with Crippen molar-refractivity contribution in [1.29, 1.82) is 0 Å². The molecule has 3 nitrogen and oxygen atoms in total. The number of aryl methyl sites for hydroxylation is 1. The molecule has 0 aromatic heterocycles. The van der Waals surface area contributed by atoms with E-state index in [1.165, 1.54) is 16.0 Å². The Labute approximate surface area is 129 Å². The maximum atomic E-state index is 12.7. The van der Waals surface area contributed by atoms with Crippen LogP contribution in [0.3, 0.4) is 0 Å². The molecule has 0 radical (unpaired) electrons. The monoisotopic (exact) mass is 303 g/mol. The lowest BCUT2D eigenvalue weighted by molar-refractivity contribution is -0.122. The predicted octanol–water partition coefficient (Wildman–Crippen LogP) is 3.88. The lowest BCUT2D eigenvalue weighted by atomic mass is 9.78. The molecular weight excluding hydrogens is 286 g/mol. The van der Waals surface area contributed by atoms with Crippen LogP contribution in [-0.4, -0.2) is 11.8 Å². The molecule has 1 aromatic carbocycles. The Kier molecular flexibility index (Phi) is 3.40. The number of rotatable bonds is 1. The molecule has 1 saturated heterocycles. The largest absolute Gasteiger partial charge is 0.274 e. The Morgan fingerprint density at radius 2 is 1.52 bits per heavy atom. The van der Waals surface area contributed by atoms with Gasteiger partial charge in [0.2, 0.25) is 11.8 Å². The highest BCUT2D eigenvalue weighted by Crippen LogP contribution is 2.42. The first-order valence-corrected chi connectivity index (χ1v) is 7.57. The van der Waals surface area contributed by atoms with E-state index in [-0.39, 0.29) is 23.7 Å². The van der Waals surface area contributed by atoms with E-state index in [4.69, 9.17) is 11.6 Å². The van der Waals surface area contributed by atoms with Gasteiger partial charge in [0.15, 0.2) is 0 Å². The molecule has 2 amide bonds. The van der Waals surface area contributed by atoms with Crippen molar-refractivity contribution >= 4 is 29.1 Å². The van der Waals surface area contributed by atoms with Crippen molar-refractivity contribution in [2.24, 2.45) is 11.8 Å². The third-order valence-electron chi connectivity index (χ3n) is 4.74. The van der Waals surface area contributed by atoms with Gasteiger partial charge in [-0.15, -0.1) is 0 Å². The molecule has 3 rings (SSSR count). The number of carbonyl (C=O) groups excluding carboxylic acids is 2. The quantitative estimate of drug-likeness (QED) is 0.583. The lowest BCUT2D eigenvalue weighted by Crippen LogP contribution is -2.31. The van der Waals surface area contributed by atoms with E-state index >= 15 is 0 Å². The zero-order chi connectivity index (χ0) is 15.3. The second kappa shape index (κ2) is 4.99. The first kappa shape index (κ1) is 14.3. The molecular formula is C17H18ClNO2. The minimum atomic E-state index is -0.198. The van der Waals surface area contributed by atoms with Gasteiger partial charge in [-0.2, -0.15) is 0 Å². The van der Waals surface area contributed by atoms with Gasteiger partial charge < -0.3 is 0 Å². The molecule has 1 aromatic rings. The number of halogens is 1. The highest BCUT2D eigenvalue weighted by molar-refractivity contribution is 6.31. The fourth-order valence-corrected chi connectivity index (χ4v) is 3.59. The van der Waals surface area contributed by atoms with E-state index in [1.54, 1.807) is 18.2 Å². The average molecular weight is 304 g/mol. The van der Waals surface area contributed by atoms with Crippen LogP contribution in [0.15, 0.2) is 29.3 Å². The molecule has 2 aliphatic rings. The minimum Gasteiger partial charge on any atom is -0.274 e. The number of imide groups is 1. The van der Waals surface area contributed by atoms with E-state index in [0.29, 0.717) is 23.6 Å². The molecule has 0 spiro atoms. The standard InChI is InChI=1S/C17H18ClNO2/c1-9-7-13-14(8-10(9)2)17(21)19(16(13)20)15-5-4-12(18)6-11(15)3/h4-6,13-14H,7-8H2,1-3H3. The van der Waals surface area contributed by atoms with E-state index in [1.807, 2.05) is 6.92 Å². The van der Waals surface area contributed by atoms with Crippen LogP contribution in [0.4, 0.5) is 5.69 Å². The van der Waals surface area contributed by atoms with Gasteiger partial charge >= 0.3 is 0 Å². The maximum Gasteiger partial charge on any atom is 0.238 e. The lowest BCUT2D eigenvalue weighted by Gasteiger charge is -2.23. The summed E-state index contributed by atoms with van der Waals surface area (Å²) >= 11 is 5.96. The predicted molar refractivity (Wildman–Crippen MR) is 83.3 cm³/mol. The number of fused-ring (bicyclic) bond motifs is 1. The van der Waals surface area contributed by atoms with Crippen LogP contribution < -0.4 is 4.90 Å². The number of allylic oxidation sites excluding steroid dienone is 2. The third-order valence-corrected chi connectivity index (χ3v) is 4.98. The first-order chi connectivity index (χ1) is 9.90. The van der Waals surface area contributed by atoms with Gasteiger partial charge in [0.1, 0.15) is 0 Å². The summed E-state index contributed by atoms with van der Waals surface area (Å²) in [6, 6.07) is 5.27. The SMILES string of the molecule is CC1=C(C)CC2C(=O)N(c3ccc(Cl)cc3C)C(=O)C2C1. The number of nitrogens with zero attached hydrogens (tertiary/aromatic N) is 1. The average Bonchev–Trinajstić information content (AvgIpc) is 2.64. The molecule has 1 fully saturated rings. The molecule has 2 atom stereocenters. The summed E-state index contributed by atoms with van der Waals surface area (Å²) in [6.07, 6.45) is 1.40. The minimum absolute atomic E-state index is 0.0673. The summed E-state index contributed by atoms with van der Waals surface area (Å²) in [5.74, 6) is -0.530. The second-order valence-electron chi connectivity index (χ2n) is 6.12. The molecule has 1 aliphatic carbocycles. The number of benzene rings is 1. The Balaban J connectivity index is 2.00. The number of anilines is 1. The van der Waals surface area contributed by atoms with Gasteiger partial charge in [-0.1, -0.05) is 22.7 Å². The Hall–Kier alpha value is -1.61. The van der Waals surface area contributed by atoms with Gasteiger partial charge in [0, 0.05) is 5.02 Å². The molecule has 110 valence electrons. The normalized spacial score (nSPS) is 25.6. The summed E-state index contributed by atoms with van der Waals surface area (Å²) in [7, 11) is 0. The molecule has 4 heteroatoms. The fraction of sp³-hybridized carbons (Fsp3) is 0.412. The van der Waals surface area contributed by atoms with Gasteiger partial charge in [-0.25, -0.2) is 4.90 Å². The summed E-state index contributed by atoms with van der Waals surface area (Å²) < 4.78 is 0. The summed E-state index contributed by atoms with van der Waals surface area (Å²) in [6.45, 7) is 5.98. The van der Waals surface area contributed by atoms with Gasteiger partial charge in [0.25, 0.3) is 0 Å². The molecule has 2 unspecified atom stereocenters. The van der Waals surface area contributed by atoms with Crippen LogP contribution in [0.2, 0.25) is 5.02 Å². The maximum absolute atomic E-state index is 12.7. The summed E-state index contributed by atoms with van der Waals surface area (Å²) in [5, 5.41) is 0.612. The van der Waals surface area contributed by atoms with Gasteiger partial charge in [0.05, 0.1) is 17.5 Å². The van der Waals surface area contributed by atoms with E-state index in [2.05, 4.69) is 13.8 Å². The second-order valence-corrected chi connectivity index (χ2v) is 6.56. The molecule has 1 aliphatic heterocycles. The topological polar surface area (TPSA) is 37.4 Å². The Bertz CT molecular complexity index is 645. The molecule has 0 bridgehead atoms. The number of amides is 2. The van der Waals surface area contributed by atoms with E-state index < -0.39 is 0 Å². The van der Waals surface area contributed by atoms with Gasteiger partial charge in [-0.05, 0) is 57.4 Å². The zero-order valence-corrected chi connectivity index (χ0v) is 13.2. The molecule has 0 N–H and O–H groups in total. The van der Waals surface area contributed by atoms with Crippen molar-refractivity contribution in [1.82, 2.24) is 0 Å². The third kappa shape index (κ3) is 2.20. The van der Waals surface area contributed by atoms with E-state index in [0.717, 1.165) is 5.56 Å². The fourth-order valence-electron chi connectivity index (χ4n) is 3.36. The van der Waals surface area contributed by atoms with Crippen molar-refractivity contribution < 1.29 is 9.59 Å². The van der Waals surface area contributed by atoms with Crippen molar-refractivity contribution in [3.63, 3.8) is 0 Å². The van der Waals surface area contributed by atoms with Crippen LogP contribution >= 0.6 is 11.6 Å². The van der Waals surface area contributed by atoms with Crippen LogP contribution in [0.5, 0.6) is 0 Å². The Morgan fingerprint density at radius 3 is 2.00 bits per heavy atom.